The number of ether oxygens (including phenoxy) is 1. The van der Waals surface area contributed by atoms with E-state index in [0.717, 1.165) is 18.7 Å². The normalized spacial score (nSPS) is 14.0. The Morgan fingerprint density at radius 1 is 1.43 bits per heavy atom. The Hall–Kier alpha value is -1.17. The van der Waals surface area contributed by atoms with Crippen LogP contribution in [0.5, 0.6) is 0 Å². The molecule has 0 aliphatic rings. The molecular weight excluding hydrogens is 271 g/mol. The van der Waals surface area contributed by atoms with Crippen LogP contribution in [0.15, 0.2) is 18.2 Å². The van der Waals surface area contributed by atoms with Gasteiger partial charge in [0.1, 0.15) is 5.82 Å². The molecule has 1 aromatic carbocycles. The largest absolute Gasteiger partial charge is 0.389 e. The van der Waals surface area contributed by atoms with Gasteiger partial charge in [-0.25, -0.2) is 4.39 Å². The van der Waals surface area contributed by atoms with Gasteiger partial charge >= 0.3 is 0 Å². The van der Waals surface area contributed by atoms with Gasteiger partial charge in [0.15, 0.2) is 0 Å². The van der Waals surface area contributed by atoms with Crippen molar-refractivity contribution in [1.82, 2.24) is 5.32 Å². The molecule has 2 unspecified atom stereocenters. The maximum atomic E-state index is 14.2. The van der Waals surface area contributed by atoms with E-state index in [-0.39, 0.29) is 18.5 Å². The summed E-state index contributed by atoms with van der Waals surface area (Å²) in [5, 5.41) is 13.2. The molecule has 1 rings (SSSR count). The summed E-state index contributed by atoms with van der Waals surface area (Å²) in [4.78, 5) is 1.87. The van der Waals surface area contributed by atoms with E-state index in [9.17, 15) is 9.50 Å². The van der Waals surface area contributed by atoms with Crippen molar-refractivity contribution in [1.29, 1.82) is 0 Å². The Morgan fingerprint density at radius 2 is 2.14 bits per heavy atom. The lowest BCUT2D eigenvalue weighted by Crippen LogP contribution is -2.33. The van der Waals surface area contributed by atoms with E-state index < -0.39 is 6.10 Å². The fourth-order valence-corrected chi connectivity index (χ4v) is 2.41. The number of rotatable bonds is 9. The zero-order chi connectivity index (χ0) is 15.8. The van der Waals surface area contributed by atoms with Gasteiger partial charge in [0.05, 0.1) is 12.7 Å². The van der Waals surface area contributed by atoms with Crippen LogP contribution >= 0.6 is 0 Å². The summed E-state index contributed by atoms with van der Waals surface area (Å²) >= 11 is 0. The van der Waals surface area contributed by atoms with E-state index >= 15 is 0 Å². The van der Waals surface area contributed by atoms with E-state index in [1.807, 2.05) is 24.9 Å². The Balaban J connectivity index is 2.92. The van der Waals surface area contributed by atoms with Crippen LogP contribution in [0.3, 0.4) is 0 Å². The summed E-state index contributed by atoms with van der Waals surface area (Å²) in [5.41, 5.74) is 1.43. The van der Waals surface area contributed by atoms with Crippen LogP contribution in [0.4, 0.5) is 10.1 Å². The van der Waals surface area contributed by atoms with Crippen molar-refractivity contribution in [2.24, 2.45) is 0 Å². The van der Waals surface area contributed by atoms with Crippen molar-refractivity contribution >= 4 is 5.69 Å². The lowest BCUT2D eigenvalue weighted by molar-refractivity contribution is 0.0695. The highest BCUT2D eigenvalue weighted by Gasteiger charge is 2.19. The van der Waals surface area contributed by atoms with Crippen LogP contribution in [-0.4, -0.2) is 45.1 Å². The number of likely N-dealkylation sites (N-methyl/N-ethyl adjacent to an activating group) is 1. The van der Waals surface area contributed by atoms with Crippen molar-refractivity contribution in [2.45, 2.75) is 32.4 Å². The SMILES string of the molecule is CCCNC(C)c1c(F)cccc1N(C)CC(O)COC. The van der Waals surface area contributed by atoms with E-state index in [1.54, 1.807) is 13.2 Å². The summed E-state index contributed by atoms with van der Waals surface area (Å²) in [6.45, 7) is 5.53. The van der Waals surface area contributed by atoms with Crippen molar-refractivity contribution in [3.8, 4) is 0 Å². The average molecular weight is 298 g/mol. The molecule has 0 heterocycles. The van der Waals surface area contributed by atoms with Crippen LogP contribution in [0.25, 0.3) is 0 Å². The van der Waals surface area contributed by atoms with Gasteiger partial charge in [0.25, 0.3) is 0 Å². The van der Waals surface area contributed by atoms with Crippen LogP contribution in [0.2, 0.25) is 0 Å². The predicted octanol–water partition coefficient (Wildman–Crippen LogP) is 2.33. The lowest BCUT2D eigenvalue weighted by Gasteiger charge is -2.27. The Labute approximate surface area is 126 Å². The van der Waals surface area contributed by atoms with Gasteiger partial charge in [-0.2, -0.15) is 0 Å². The Bertz CT molecular complexity index is 429. The third-order valence-corrected chi connectivity index (χ3v) is 3.42. The van der Waals surface area contributed by atoms with E-state index in [2.05, 4.69) is 12.2 Å². The molecule has 0 bridgehead atoms. The fourth-order valence-electron chi connectivity index (χ4n) is 2.41. The first-order valence-corrected chi connectivity index (χ1v) is 7.41. The summed E-state index contributed by atoms with van der Waals surface area (Å²) in [7, 11) is 3.40. The summed E-state index contributed by atoms with van der Waals surface area (Å²) in [5.74, 6) is -0.225. The smallest absolute Gasteiger partial charge is 0.130 e. The molecule has 5 heteroatoms. The van der Waals surface area contributed by atoms with Gasteiger partial charge < -0.3 is 20.1 Å². The topological polar surface area (TPSA) is 44.7 Å². The lowest BCUT2D eigenvalue weighted by atomic mass is 10.0. The second-order valence-electron chi connectivity index (χ2n) is 5.34. The molecule has 4 nitrogen and oxygen atoms in total. The number of aliphatic hydroxyl groups excluding tert-OH is 1. The van der Waals surface area contributed by atoms with Crippen LogP contribution in [-0.2, 0) is 4.74 Å². The van der Waals surface area contributed by atoms with Gasteiger partial charge in [-0.3, -0.25) is 0 Å². The molecule has 0 aliphatic carbocycles. The predicted molar refractivity (Wildman–Crippen MR) is 84.3 cm³/mol. The number of hydrogen-bond acceptors (Lipinski definition) is 4. The van der Waals surface area contributed by atoms with Gasteiger partial charge in [-0.1, -0.05) is 13.0 Å². The molecule has 2 N–H and O–H groups in total. The molecule has 1 aromatic rings. The average Bonchev–Trinajstić information content (AvgIpc) is 2.44. The third kappa shape index (κ3) is 5.26. The number of hydrogen-bond donors (Lipinski definition) is 2. The molecule has 0 aromatic heterocycles. The monoisotopic (exact) mass is 298 g/mol. The Kier molecular flexibility index (Phi) is 7.64. The quantitative estimate of drug-likeness (QED) is 0.734. The molecule has 2 atom stereocenters. The van der Waals surface area contributed by atoms with Gasteiger partial charge in [0.2, 0.25) is 0 Å². The minimum Gasteiger partial charge on any atom is -0.389 e. The molecule has 0 amide bonds. The van der Waals surface area contributed by atoms with E-state index in [1.165, 1.54) is 6.07 Å². The standard InChI is InChI=1S/C16H27FN2O2/c1-5-9-18-12(2)16-14(17)7-6-8-15(16)19(3)10-13(20)11-21-4/h6-8,12-13,18,20H,5,9-11H2,1-4H3. The minimum absolute atomic E-state index is 0.0804. The number of methoxy groups -OCH3 is 1. The second-order valence-corrected chi connectivity index (χ2v) is 5.34. The number of aliphatic hydroxyl groups is 1. The molecule has 0 spiro atoms. The zero-order valence-corrected chi connectivity index (χ0v) is 13.4. The number of nitrogens with one attached hydrogen (secondary N) is 1. The van der Waals surface area contributed by atoms with Gasteiger partial charge in [-0.15, -0.1) is 0 Å². The molecule has 0 radical (unpaired) electrons. The van der Waals surface area contributed by atoms with Crippen molar-refractivity contribution in [2.75, 3.05) is 38.8 Å². The number of nitrogens with zero attached hydrogens (tertiary/aromatic N) is 1. The molecule has 21 heavy (non-hydrogen) atoms. The maximum Gasteiger partial charge on any atom is 0.130 e. The molecule has 0 fully saturated rings. The Morgan fingerprint density at radius 3 is 2.76 bits per heavy atom. The van der Waals surface area contributed by atoms with Crippen LogP contribution in [0.1, 0.15) is 31.9 Å². The maximum absolute atomic E-state index is 14.2. The third-order valence-electron chi connectivity index (χ3n) is 3.42. The van der Waals surface area contributed by atoms with Gasteiger partial charge in [-0.05, 0) is 32.0 Å². The van der Waals surface area contributed by atoms with Crippen LogP contribution < -0.4 is 10.2 Å². The highest BCUT2D eigenvalue weighted by molar-refractivity contribution is 5.55. The molecule has 0 aliphatic heterocycles. The van der Waals surface area contributed by atoms with Gasteiger partial charge in [0, 0.05) is 38.0 Å². The fraction of sp³-hybridized carbons (Fsp3) is 0.625. The summed E-state index contributed by atoms with van der Waals surface area (Å²) < 4.78 is 19.2. The van der Waals surface area contributed by atoms with Crippen molar-refractivity contribution in [3.63, 3.8) is 0 Å². The number of anilines is 1. The first-order valence-electron chi connectivity index (χ1n) is 7.41. The highest BCUT2D eigenvalue weighted by atomic mass is 19.1. The van der Waals surface area contributed by atoms with Crippen LogP contribution in [0, 0.1) is 5.82 Å². The highest BCUT2D eigenvalue weighted by Crippen LogP contribution is 2.28. The van der Waals surface area contributed by atoms with E-state index in [0.29, 0.717) is 12.1 Å². The number of benzene rings is 1. The van der Waals surface area contributed by atoms with E-state index in [4.69, 9.17) is 4.74 Å². The first-order chi connectivity index (χ1) is 10.0. The molecular formula is C16H27FN2O2. The molecule has 0 saturated heterocycles. The second kappa shape index (κ2) is 8.97. The van der Waals surface area contributed by atoms with Crippen molar-refractivity contribution in [3.05, 3.63) is 29.6 Å². The van der Waals surface area contributed by atoms with Crippen molar-refractivity contribution < 1.29 is 14.2 Å². The summed E-state index contributed by atoms with van der Waals surface area (Å²) in [6.07, 6.45) is 0.395. The summed E-state index contributed by atoms with van der Waals surface area (Å²) in [6, 6.07) is 4.97. The number of halogens is 1. The zero-order valence-electron chi connectivity index (χ0n) is 13.4. The molecule has 0 saturated carbocycles. The minimum atomic E-state index is -0.602. The first kappa shape index (κ1) is 17.9. The molecule has 120 valence electrons.